The van der Waals surface area contributed by atoms with Gasteiger partial charge in [0.2, 0.25) is 0 Å². The van der Waals surface area contributed by atoms with Gasteiger partial charge >= 0.3 is 0 Å². The maximum absolute atomic E-state index is 18.4. The van der Waals surface area contributed by atoms with E-state index in [1.54, 1.807) is 4.57 Å². The number of rotatable bonds is 4. The molecule has 0 aliphatic heterocycles. The minimum Gasteiger partial charge on any atom is -0.456 e. The molecule has 0 saturated heterocycles. The Morgan fingerprint density at radius 2 is 1.05 bits per heavy atom. The fourth-order valence-corrected chi connectivity index (χ4v) is 8.47. The summed E-state index contributed by atoms with van der Waals surface area (Å²) < 4.78 is 34.6. The first-order chi connectivity index (χ1) is 29.1. The molecule has 8 aromatic carbocycles. The molecule has 7 heteroatoms. The number of aromatic nitrogens is 2. The van der Waals surface area contributed by atoms with Gasteiger partial charge < -0.3 is 13.5 Å². The number of benzene rings is 8. The number of para-hydroxylation sites is 2. The molecule has 0 aliphatic carbocycles. The van der Waals surface area contributed by atoms with E-state index in [4.69, 9.17) is 8.94 Å². The van der Waals surface area contributed by atoms with E-state index in [0.717, 1.165) is 60.2 Å². The van der Waals surface area contributed by atoms with Crippen molar-refractivity contribution in [2.45, 2.75) is 0 Å². The molecule has 0 N–H and O–H groups in total. The number of halogens is 1. The highest BCUT2D eigenvalue weighted by molar-refractivity contribution is 6.27. The van der Waals surface area contributed by atoms with Crippen molar-refractivity contribution < 1.29 is 13.3 Å². The molecule has 11 rings (SSSR count). The Bertz CT molecular complexity index is 3650. The van der Waals surface area contributed by atoms with E-state index in [0.29, 0.717) is 27.7 Å². The lowest BCUT2D eigenvalue weighted by atomic mass is 10.0. The summed E-state index contributed by atoms with van der Waals surface area (Å²) in [5.41, 5.74) is 7.57. The molecule has 276 valence electrons. The summed E-state index contributed by atoms with van der Waals surface area (Å²) in [4.78, 5) is 0. The molecule has 0 unspecified atom stereocenters. The first-order valence-electron chi connectivity index (χ1n) is 19.2. The van der Waals surface area contributed by atoms with Crippen LogP contribution in [-0.4, -0.2) is 9.31 Å². The standard InChI is InChI=1S/C52H29FN4O2/c53-50-51(56-43-24-22-36(33-13-5-2-6-14-33)29-41(43)48-44(56)25-26-47-49(48)40-16-8-10-18-46(40)58-47)38(30-54)28-39(31-55)52(50)57-42-23-21-35(32-11-3-1-4-12-32)27-37(42)20-19-34-15-7-9-17-45(34)59-57/h1-29H. The van der Waals surface area contributed by atoms with Crippen LogP contribution in [0.4, 0.5) is 4.39 Å². The number of nitriles is 2. The van der Waals surface area contributed by atoms with Crippen LogP contribution in [-0.2, 0) is 0 Å². The zero-order valence-corrected chi connectivity index (χ0v) is 31.2. The van der Waals surface area contributed by atoms with Crippen LogP contribution in [0, 0.1) is 28.5 Å². The Balaban J connectivity index is 1.28. The highest BCUT2D eigenvalue weighted by atomic mass is 19.1. The minimum atomic E-state index is -0.788. The van der Waals surface area contributed by atoms with E-state index in [1.807, 2.05) is 152 Å². The molecule has 3 heterocycles. The number of fused-ring (bicyclic) bond motifs is 9. The van der Waals surface area contributed by atoms with Crippen molar-refractivity contribution in [3.8, 4) is 45.8 Å². The summed E-state index contributed by atoms with van der Waals surface area (Å²) >= 11 is 0. The van der Waals surface area contributed by atoms with Crippen molar-refractivity contribution in [1.29, 1.82) is 10.5 Å². The average molecular weight is 761 g/mol. The molecule has 0 amide bonds. The Kier molecular flexibility index (Phi) is 7.69. The van der Waals surface area contributed by atoms with Crippen LogP contribution < -0.4 is 0 Å². The summed E-state index contributed by atoms with van der Waals surface area (Å²) in [7, 11) is 0. The van der Waals surface area contributed by atoms with Crippen LogP contribution in [0.5, 0.6) is 0 Å². The second-order valence-electron chi connectivity index (χ2n) is 14.5. The van der Waals surface area contributed by atoms with Gasteiger partial charge in [0.05, 0.1) is 27.7 Å². The Morgan fingerprint density at radius 1 is 0.441 bits per heavy atom. The van der Waals surface area contributed by atoms with Crippen LogP contribution in [0.25, 0.3) is 99.2 Å². The number of hydrogen-bond acceptors (Lipinski definition) is 4. The second kappa shape index (κ2) is 13.4. The van der Waals surface area contributed by atoms with E-state index in [1.165, 1.54) is 10.8 Å². The predicted molar refractivity (Wildman–Crippen MR) is 233 cm³/mol. The number of nitrogens with zero attached hydrogens (tertiary/aromatic N) is 4. The van der Waals surface area contributed by atoms with Crippen molar-refractivity contribution in [3.63, 3.8) is 0 Å². The third kappa shape index (κ3) is 5.30. The zero-order chi connectivity index (χ0) is 39.6. The van der Waals surface area contributed by atoms with Gasteiger partial charge in [-0.15, -0.1) is 0 Å². The molecular formula is C52H29FN4O2. The molecule has 0 fully saturated rings. The van der Waals surface area contributed by atoms with Gasteiger partial charge in [0.15, 0.2) is 11.4 Å². The van der Waals surface area contributed by atoms with E-state index in [9.17, 15) is 10.5 Å². The van der Waals surface area contributed by atoms with E-state index in [2.05, 4.69) is 30.3 Å². The number of furan rings is 1. The molecule has 6 nitrogen and oxygen atoms in total. The molecule has 0 spiro atoms. The highest BCUT2D eigenvalue weighted by Gasteiger charge is 2.27. The highest BCUT2D eigenvalue weighted by Crippen LogP contribution is 2.44. The molecule has 0 radical (unpaired) electrons. The number of hydrogen-bond donors (Lipinski definition) is 0. The monoisotopic (exact) mass is 760 g/mol. The lowest BCUT2D eigenvalue weighted by Gasteiger charge is -2.18. The topological polar surface area (TPSA) is 83.7 Å². The fourth-order valence-electron chi connectivity index (χ4n) is 8.47. The van der Waals surface area contributed by atoms with Crippen molar-refractivity contribution in [2.24, 2.45) is 0 Å². The maximum atomic E-state index is 18.4. The van der Waals surface area contributed by atoms with Gasteiger partial charge in [0.1, 0.15) is 34.7 Å². The molecule has 0 atom stereocenters. The first-order valence-corrected chi connectivity index (χ1v) is 19.2. The molecular weight excluding hydrogens is 732 g/mol. The van der Waals surface area contributed by atoms with Crippen LogP contribution in [0.1, 0.15) is 11.1 Å². The van der Waals surface area contributed by atoms with Gasteiger partial charge in [0, 0.05) is 32.3 Å². The summed E-state index contributed by atoms with van der Waals surface area (Å²) in [6.07, 6.45) is 0. The normalized spacial score (nSPS) is 11.4. The van der Waals surface area contributed by atoms with E-state index >= 15 is 4.39 Å². The van der Waals surface area contributed by atoms with Gasteiger partial charge in [-0.05, 0) is 76.9 Å². The summed E-state index contributed by atoms with van der Waals surface area (Å²) in [5.74, 6) is -0.788. The minimum absolute atomic E-state index is 0.00180. The van der Waals surface area contributed by atoms with E-state index < -0.39 is 5.82 Å². The third-order valence-electron chi connectivity index (χ3n) is 11.2. The Labute approximate surface area is 336 Å². The van der Waals surface area contributed by atoms with Crippen LogP contribution in [0.3, 0.4) is 0 Å². The Morgan fingerprint density at radius 3 is 1.80 bits per heavy atom. The zero-order valence-electron chi connectivity index (χ0n) is 31.2. The van der Waals surface area contributed by atoms with Crippen molar-refractivity contribution in [1.82, 2.24) is 9.31 Å². The quantitative estimate of drug-likeness (QED) is 0.179. The van der Waals surface area contributed by atoms with Crippen LogP contribution in [0.2, 0.25) is 0 Å². The second-order valence-corrected chi connectivity index (χ2v) is 14.5. The molecule has 59 heavy (non-hydrogen) atoms. The lowest BCUT2D eigenvalue weighted by Crippen LogP contribution is -2.10. The van der Waals surface area contributed by atoms with E-state index in [-0.39, 0.29) is 22.5 Å². The van der Waals surface area contributed by atoms with Crippen molar-refractivity contribution in [2.75, 3.05) is 0 Å². The molecule has 3 aromatic heterocycles. The van der Waals surface area contributed by atoms with Crippen molar-refractivity contribution in [3.05, 3.63) is 193 Å². The lowest BCUT2D eigenvalue weighted by molar-refractivity contribution is 0.371. The SMILES string of the molecule is N#Cc1cc(C#N)c(-n2c3ccc(-c4ccccc4)cc3c3c4c(ccc32)oc2ccccc24)c(F)c1-n1oc2ccccc2ccc2cc(-c3ccccc3)ccc21. The Hall–Kier alpha value is -8.39. The summed E-state index contributed by atoms with van der Waals surface area (Å²) in [6, 6.07) is 61.1. The van der Waals surface area contributed by atoms with Gasteiger partial charge in [-0.3, -0.25) is 0 Å². The smallest absolute Gasteiger partial charge is 0.177 e. The van der Waals surface area contributed by atoms with Gasteiger partial charge in [-0.25, -0.2) is 4.39 Å². The summed E-state index contributed by atoms with van der Waals surface area (Å²) in [5, 5.41) is 26.5. The third-order valence-corrected chi connectivity index (χ3v) is 11.2. The maximum Gasteiger partial charge on any atom is 0.177 e. The molecule has 0 bridgehead atoms. The molecule has 11 aromatic rings. The summed E-state index contributed by atoms with van der Waals surface area (Å²) in [6.45, 7) is 0. The predicted octanol–water partition coefficient (Wildman–Crippen LogP) is 13.7. The van der Waals surface area contributed by atoms with Crippen LogP contribution in [0.15, 0.2) is 185 Å². The first kappa shape index (κ1) is 33.9. The fraction of sp³-hybridized carbons (Fsp3) is 0. The largest absolute Gasteiger partial charge is 0.456 e. The average Bonchev–Trinajstić information content (AvgIpc) is 3.82. The molecule has 0 saturated carbocycles. The van der Waals surface area contributed by atoms with Gasteiger partial charge in [0.25, 0.3) is 0 Å². The molecule has 0 aliphatic rings. The van der Waals surface area contributed by atoms with Crippen LogP contribution >= 0.6 is 0 Å². The van der Waals surface area contributed by atoms with Crippen molar-refractivity contribution >= 4 is 65.6 Å². The van der Waals surface area contributed by atoms with Gasteiger partial charge in [-0.2, -0.15) is 15.3 Å². The van der Waals surface area contributed by atoms with Gasteiger partial charge in [-0.1, -0.05) is 121 Å².